The van der Waals surface area contributed by atoms with Gasteiger partial charge in [0, 0.05) is 24.7 Å². The van der Waals surface area contributed by atoms with Crippen LogP contribution in [-0.4, -0.2) is 40.9 Å². The highest BCUT2D eigenvalue weighted by molar-refractivity contribution is 7.89. The van der Waals surface area contributed by atoms with E-state index in [1.807, 2.05) is 0 Å². The SMILES string of the molecule is COc1cc(OC)cc(OCCNS(=O)(=O)c2c(C)noc2C)c1. The molecule has 0 atom stereocenters. The third kappa shape index (κ3) is 4.18. The van der Waals surface area contributed by atoms with Gasteiger partial charge < -0.3 is 18.7 Å². The van der Waals surface area contributed by atoms with E-state index in [1.165, 1.54) is 14.2 Å². The van der Waals surface area contributed by atoms with Gasteiger partial charge >= 0.3 is 0 Å². The molecule has 24 heavy (non-hydrogen) atoms. The van der Waals surface area contributed by atoms with Crippen molar-refractivity contribution in [2.45, 2.75) is 18.7 Å². The molecule has 2 aromatic rings. The fraction of sp³-hybridized carbons (Fsp3) is 0.400. The molecule has 0 spiro atoms. The topological polar surface area (TPSA) is 99.9 Å². The molecule has 132 valence electrons. The van der Waals surface area contributed by atoms with Gasteiger partial charge in [0.1, 0.15) is 34.4 Å². The van der Waals surface area contributed by atoms with Crippen LogP contribution in [0.3, 0.4) is 0 Å². The molecule has 0 fully saturated rings. The number of benzene rings is 1. The zero-order valence-electron chi connectivity index (χ0n) is 14.0. The summed E-state index contributed by atoms with van der Waals surface area (Å²) >= 11 is 0. The van der Waals surface area contributed by atoms with Gasteiger partial charge in [0.15, 0.2) is 5.76 Å². The van der Waals surface area contributed by atoms with Crippen LogP contribution in [0, 0.1) is 13.8 Å². The number of hydrogen-bond donors (Lipinski definition) is 1. The van der Waals surface area contributed by atoms with Crippen molar-refractivity contribution in [2.75, 3.05) is 27.4 Å². The number of sulfonamides is 1. The van der Waals surface area contributed by atoms with Crippen LogP contribution in [0.4, 0.5) is 0 Å². The fourth-order valence-corrected chi connectivity index (χ4v) is 3.48. The van der Waals surface area contributed by atoms with Gasteiger partial charge in [-0.15, -0.1) is 0 Å². The molecule has 8 nitrogen and oxygen atoms in total. The normalized spacial score (nSPS) is 11.3. The van der Waals surface area contributed by atoms with Gasteiger partial charge in [0.25, 0.3) is 0 Å². The van der Waals surface area contributed by atoms with Crippen molar-refractivity contribution >= 4 is 10.0 Å². The van der Waals surface area contributed by atoms with E-state index in [0.717, 1.165) is 0 Å². The quantitative estimate of drug-likeness (QED) is 0.718. The van der Waals surface area contributed by atoms with Crippen LogP contribution in [0.25, 0.3) is 0 Å². The highest BCUT2D eigenvalue weighted by Gasteiger charge is 2.23. The molecule has 1 aromatic carbocycles. The van der Waals surface area contributed by atoms with E-state index in [-0.39, 0.29) is 23.8 Å². The maximum atomic E-state index is 12.2. The molecular weight excluding hydrogens is 336 g/mol. The first-order valence-corrected chi connectivity index (χ1v) is 8.64. The lowest BCUT2D eigenvalue weighted by Crippen LogP contribution is -2.29. The Balaban J connectivity index is 1.96. The first-order valence-electron chi connectivity index (χ1n) is 7.16. The number of ether oxygens (including phenoxy) is 3. The zero-order chi connectivity index (χ0) is 17.7. The van der Waals surface area contributed by atoms with E-state index in [1.54, 1.807) is 32.0 Å². The minimum absolute atomic E-state index is 0.0607. The molecule has 9 heteroatoms. The summed E-state index contributed by atoms with van der Waals surface area (Å²) in [5.74, 6) is 1.93. The van der Waals surface area contributed by atoms with Gasteiger partial charge in [-0.1, -0.05) is 5.16 Å². The average Bonchev–Trinajstić information content (AvgIpc) is 2.90. The van der Waals surface area contributed by atoms with Crippen LogP contribution in [0.1, 0.15) is 11.5 Å². The van der Waals surface area contributed by atoms with Crippen LogP contribution >= 0.6 is 0 Å². The third-order valence-corrected chi connectivity index (χ3v) is 4.93. The van der Waals surface area contributed by atoms with Gasteiger partial charge in [0.05, 0.1) is 14.2 Å². The lowest BCUT2D eigenvalue weighted by molar-refractivity contribution is 0.316. The predicted octanol–water partition coefficient (Wildman–Crippen LogP) is 1.67. The molecule has 0 amide bonds. The third-order valence-electron chi connectivity index (χ3n) is 3.22. The lowest BCUT2D eigenvalue weighted by Gasteiger charge is -2.11. The predicted molar refractivity (Wildman–Crippen MR) is 86.2 cm³/mol. The Morgan fingerprint density at radius 2 is 1.67 bits per heavy atom. The Kier molecular flexibility index (Phi) is 5.68. The summed E-state index contributed by atoms with van der Waals surface area (Å²) in [4.78, 5) is 0.0607. The maximum Gasteiger partial charge on any atom is 0.246 e. The van der Waals surface area contributed by atoms with Gasteiger partial charge in [0.2, 0.25) is 10.0 Å². The van der Waals surface area contributed by atoms with Crippen LogP contribution in [0.2, 0.25) is 0 Å². The molecule has 1 aromatic heterocycles. The first kappa shape index (κ1) is 18.1. The lowest BCUT2D eigenvalue weighted by atomic mass is 10.3. The van der Waals surface area contributed by atoms with Crippen molar-refractivity contribution in [2.24, 2.45) is 0 Å². The molecule has 0 aliphatic carbocycles. The van der Waals surface area contributed by atoms with Crippen LogP contribution in [0.15, 0.2) is 27.6 Å². The Bertz CT molecular complexity index is 759. The van der Waals surface area contributed by atoms with E-state index in [9.17, 15) is 8.42 Å². The Morgan fingerprint density at radius 1 is 1.08 bits per heavy atom. The summed E-state index contributed by atoms with van der Waals surface area (Å²) in [7, 11) is -0.618. The molecule has 0 radical (unpaired) electrons. The second-order valence-electron chi connectivity index (χ2n) is 4.95. The van der Waals surface area contributed by atoms with Crippen LogP contribution in [0.5, 0.6) is 17.2 Å². The summed E-state index contributed by atoms with van der Waals surface area (Å²) in [5, 5.41) is 3.64. The van der Waals surface area contributed by atoms with Crippen molar-refractivity contribution in [3.8, 4) is 17.2 Å². The minimum atomic E-state index is -3.69. The Morgan fingerprint density at radius 3 is 2.17 bits per heavy atom. The van der Waals surface area contributed by atoms with Crippen molar-refractivity contribution in [3.63, 3.8) is 0 Å². The van der Waals surface area contributed by atoms with Gasteiger partial charge in [-0.2, -0.15) is 0 Å². The first-order chi connectivity index (χ1) is 11.4. The molecule has 1 heterocycles. The number of methoxy groups -OCH3 is 2. The molecule has 0 saturated carbocycles. The molecule has 1 N–H and O–H groups in total. The molecule has 0 aliphatic rings. The smallest absolute Gasteiger partial charge is 0.246 e. The average molecular weight is 356 g/mol. The summed E-state index contributed by atoms with van der Waals surface area (Å²) in [6.07, 6.45) is 0. The fourth-order valence-electron chi connectivity index (χ4n) is 2.14. The van der Waals surface area contributed by atoms with E-state index < -0.39 is 10.0 Å². The number of aryl methyl sites for hydroxylation is 2. The molecule has 0 saturated heterocycles. The van der Waals surface area contributed by atoms with Crippen LogP contribution in [-0.2, 0) is 10.0 Å². The largest absolute Gasteiger partial charge is 0.496 e. The van der Waals surface area contributed by atoms with Crippen molar-refractivity contribution in [3.05, 3.63) is 29.7 Å². The number of rotatable bonds is 8. The van der Waals surface area contributed by atoms with Crippen LogP contribution < -0.4 is 18.9 Å². The Labute approximate surface area is 140 Å². The number of hydrogen-bond acceptors (Lipinski definition) is 7. The molecule has 2 rings (SSSR count). The van der Waals surface area contributed by atoms with E-state index in [4.69, 9.17) is 18.7 Å². The molecular formula is C15H20N2O6S. The number of aromatic nitrogens is 1. The summed E-state index contributed by atoms with van der Waals surface area (Å²) in [6, 6.07) is 5.09. The van der Waals surface area contributed by atoms with E-state index >= 15 is 0 Å². The van der Waals surface area contributed by atoms with Gasteiger partial charge in [-0.3, -0.25) is 0 Å². The monoisotopic (exact) mass is 356 g/mol. The Hall–Kier alpha value is -2.26. The number of nitrogens with zero attached hydrogens (tertiary/aromatic N) is 1. The second-order valence-corrected chi connectivity index (χ2v) is 6.65. The number of nitrogens with one attached hydrogen (secondary N) is 1. The van der Waals surface area contributed by atoms with Crippen molar-refractivity contribution in [1.82, 2.24) is 9.88 Å². The standard InChI is InChI=1S/C15H20N2O6S/c1-10-15(11(2)23-17-10)24(18,19)16-5-6-22-14-8-12(20-3)7-13(9-14)21-4/h7-9,16H,5-6H2,1-4H3. The van der Waals surface area contributed by atoms with Gasteiger partial charge in [-0.05, 0) is 13.8 Å². The summed E-state index contributed by atoms with van der Waals surface area (Å²) in [6.45, 7) is 3.35. The zero-order valence-corrected chi connectivity index (χ0v) is 14.8. The molecule has 0 aliphatic heterocycles. The van der Waals surface area contributed by atoms with Crippen molar-refractivity contribution in [1.29, 1.82) is 0 Å². The summed E-state index contributed by atoms with van der Waals surface area (Å²) < 4.78 is 47.6. The highest BCUT2D eigenvalue weighted by Crippen LogP contribution is 2.27. The second kappa shape index (κ2) is 7.54. The minimum Gasteiger partial charge on any atom is -0.496 e. The maximum absolute atomic E-state index is 12.2. The molecule has 0 unspecified atom stereocenters. The van der Waals surface area contributed by atoms with E-state index in [0.29, 0.717) is 22.9 Å². The van der Waals surface area contributed by atoms with Crippen molar-refractivity contribution < 1.29 is 27.2 Å². The van der Waals surface area contributed by atoms with E-state index in [2.05, 4.69) is 9.88 Å². The highest BCUT2D eigenvalue weighted by atomic mass is 32.2. The van der Waals surface area contributed by atoms with Gasteiger partial charge in [-0.25, -0.2) is 13.1 Å². The molecule has 0 bridgehead atoms. The summed E-state index contributed by atoms with van der Waals surface area (Å²) in [5.41, 5.74) is 0.318.